The molecule has 1 saturated carbocycles. The Morgan fingerprint density at radius 3 is 2.54 bits per heavy atom. The maximum atomic E-state index is 9.33. The summed E-state index contributed by atoms with van der Waals surface area (Å²) in [5, 5.41) is 9.33. The van der Waals surface area contributed by atoms with Crippen molar-refractivity contribution in [3.8, 4) is 5.88 Å². The number of hydrogen-bond acceptors (Lipinski definition) is 2. The zero-order chi connectivity index (χ0) is 9.26. The molecule has 1 aromatic rings. The van der Waals surface area contributed by atoms with Crippen LogP contribution in [-0.4, -0.2) is 15.1 Å². The van der Waals surface area contributed by atoms with Crippen LogP contribution in [0.5, 0.6) is 5.88 Å². The van der Waals surface area contributed by atoms with Crippen LogP contribution in [0.2, 0.25) is 0 Å². The molecule has 0 aromatic carbocycles. The van der Waals surface area contributed by atoms with Crippen LogP contribution >= 0.6 is 0 Å². The van der Waals surface area contributed by atoms with Gasteiger partial charge in [0, 0.05) is 5.92 Å². The van der Waals surface area contributed by atoms with Crippen molar-refractivity contribution in [1.29, 1.82) is 0 Å². The Morgan fingerprint density at radius 2 is 2.00 bits per heavy atom. The molecule has 13 heavy (non-hydrogen) atoms. The van der Waals surface area contributed by atoms with Crippen LogP contribution in [0, 0.1) is 6.92 Å². The summed E-state index contributed by atoms with van der Waals surface area (Å²) in [5.41, 5.74) is 0.792. The van der Waals surface area contributed by atoms with E-state index in [4.69, 9.17) is 0 Å². The van der Waals surface area contributed by atoms with E-state index >= 15 is 0 Å². The molecule has 0 spiro atoms. The van der Waals surface area contributed by atoms with Gasteiger partial charge in [-0.3, -0.25) is 0 Å². The standard InChI is InChI=1S/C10H16N2O/c1-7-10(13)12-9(11-7)8-5-3-2-4-6-8/h8,13H,2-6H2,1H3,(H,11,12). The summed E-state index contributed by atoms with van der Waals surface area (Å²) in [6, 6.07) is 0. The van der Waals surface area contributed by atoms with Crippen molar-refractivity contribution in [1.82, 2.24) is 9.97 Å². The van der Waals surface area contributed by atoms with Crippen molar-refractivity contribution in [3.05, 3.63) is 11.5 Å². The molecule has 1 aromatic heterocycles. The van der Waals surface area contributed by atoms with Gasteiger partial charge in [-0.1, -0.05) is 19.3 Å². The molecule has 2 N–H and O–H groups in total. The lowest BCUT2D eigenvalue weighted by Gasteiger charge is -2.18. The Balaban J connectivity index is 2.14. The van der Waals surface area contributed by atoms with Gasteiger partial charge >= 0.3 is 0 Å². The molecule has 1 aliphatic rings. The first kappa shape index (κ1) is 8.60. The zero-order valence-corrected chi connectivity index (χ0v) is 8.01. The van der Waals surface area contributed by atoms with E-state index < -0.39 is 0 Å². The molecule has 1 heterocycles. The highest BCUT2D eigenvalue weighted by molar-refractivity contribution is 5.19. The Bertz CT molecular complexity index is 268. The van der Waals surface area contributed by atoms with Gasteiger partial charge in [0.05, 0.1) is 5.69 Å². The largest absolute Gasteiger partial charge is 0.492 e. The van der Waals surface area contributed by atoms with Gasteiger partial charge in [-0.25, -0.2) is 0 Å². The molecule has 0 aliphatic heterocycles. The Morgan fingerprint density at radius 1 is 1.31 bits per heavy atom. The third-order valence-electron chi connectivity index (χ3n) is 2.87. The van der Waals surface area contributed by atoms with E-state index in [0.29, 0.717) is 5.92 Å². The van der Waals surface area contributed by atoms with Crippen molar-refractivity contribution in [2.45, 2.75) is 44.9 Å². The molecule has 0 saturated heterocycles. The normalized spacial score (nSPS) is 19.2. The summed E-state index contributed by atoms with van der Waals surface area (Å²) in [4.78, 5) is 7.29. The molecule has 72 valence electrons. The molecule has 0 unspecified atom stereocenters. The average molecular weight is 180 g/mol. The highest BCUT2D eigenvalue weighted by atomic mass is 16.3. The third-order valence-corrected chi connectivity index (χ3v) is 2.87. The smallest absolute Gasteiger partial charge is 0.232 e. The minimum Gasteiger partial charge on any atom is -0.492 e. The highest BCUT2D eigenvalue weighted by Gasteiger charge is 2.19. The van der Waals surface area contributed by atoms with Gasteiger partial charge in [0.15, 0.2) is 0 Å². The highest BCUT2D eigenvalue weighted by Crippen LogP contribution is 2.32. The second kappa shape index (κ2) is 3.40. The lowest BCUT2D eigenvalue weighted by atomic mass is 9.89. The zero-order valence-electron chi connectivity index (χ0n) is 8.01. The first-order valence-corrected chi connectivity index (χ1v) is 5.03. The number of aryl methyl sites for hydroxylation is 1. The van der Waals surface area contributed by atoms with Crippen molar-refractivity contribution in [2.75, 3.05) is 0 Å². The monoisotopic (exact) mass is 180 g/mol. The summed E-state index contributed by atoms with van der Waals surface area (Å²) >= 11 is 0. The number of aromatic hydroxyl groups is 1. The van der Waals surface area contributed by atoms with Crippen molar-refractivity contribution < 1.29 is 5.11 Å². The van der Waals surface area contributed by atoms with E-state index in [1.54, 1.807) is 0 Å². The fourth-order valence-corrected chi connectivity index (χ4v) is 2.04. The van der Waals surface area contributed by atoms with Crippen LogP contribution in [-0.2, 0) is 0 Å². The summed E-state index contributed by atoms with van der Waals surface area (Å²) in [5.74, 6) is 1.70. The Kier molecular flexibility index (Phi) is 2.25. The van der Waals surface area contributed by atoms with Crippen LogP contribution in [0.4, 0.5) is 0 Å². The second-order valence-electron chi connectivity index (χ2n) is 3.91. The molecule has 3 nitrogen and oxygen atoms in total. The summed E-state index contributed by atoms with van der Waals surface area (Å²) in [7, 11) is 0. The number of nitrogens with one attached hydrogen (secondary N) is 1. The van der Waals surface area contributed by atoms with Crippen molar-refractivity contribution in [2.24, 2.45) is 0 Å². The van der Waals surface area contributed by atoms with Gasteiger partial charge in [0.25, 0.3) is 0 Å². The lowest BCUT2D eigenvalue weighted by Crippen LogP contribution is -2.06. The maximum Gasteiger partial charge on any atom is 0.232 e. The van der Waals surface area contributed by atoms with Crippen LogP contribution in [0.25, 0.3) is 0 Å². The SMILES string of the molecule is Cc1[nH]c(C2CCCCC2)nc1O. The van der Waals surface area contributed by atoms with Gasteiger partial charge < -0.3 is 10.1 Å². The van der Waals surface area contributed by atoms with Gasteiger partial charge in [-0.05, 0) is 19.8 Å². The average Bonchev–Trinajstić information content (AvgIpc) is 2.49. The van der Waals surface area contributed by atoms with E-state index in [0.717, 1.165) is 11.5 Å². The Labute approximate surface area is 78.2 Å². The summed E-state index contributed by atoms with van der Waals surface area (Å²) in [6.45, 7) is 1.86. The van der Waals surface area contributed by atoms with E-state index in [1.807, 2.05) is 6.92 Å². The summed E-state index contributed by atoms with van der Waals surface area (Å²) < 4.78 is 0. The molecular formula is C10H16N2O. The quantitative estimate of drug-likeness (QED) is 0.697. The number of rotatable bonds is 1. The number of hydrogen-bond donors (Lipinski definition) is 2. The predicted octanol–water partition coefficient (Wildman–Crippen LogP) is 2.47. The fraction of sp³-hybridized carbons (Fsp3) is 0.700. The first-order valence-electron chi connectivity index (χ1n) is 5.03. The number of aromatic nitrogens is 2. The maximum absolute atomic E-state index is 9.33. The lowest BCUT2D eigenvalue weighted by molar-refractivity contribution is 0.422. The van der Waals surface area contributed by atoms with Gasteiger partial charge in [0.2, 0.25) is 5.88 Å². The number of aromatic amines is 1. The Hall–Kier alpha value is -0.990. The van der Waals surface area contributed by atoms with Crippen molar-refractivity contribution >= 4 is 0 Å². The molecule has 0 atom stereocenters. The molecule has 3 heteroatoms. The number of nitrogens with zero attached hydrogens (tertiary/aromatic N) is 1. The van der Waals surface area contributed by atoms with Gasteiger partial charge in [-0.15, -0.1) is 0 Å². The van der Waals surface area contributed by atoms with E-state index in [-0.39, 0.29) is 5.88 Å². The van der Waals surface area contributed by atoms with Crippen LogP contribution < -0.4 is 0 Å². The van der Waals surface area contributed by atoms with E-state index in [9.17, 15) is 5.11 Å². The number of H-pyrrole nitrogens is 1. The van der Waals surface area contributed by atoms with Crippen LogP contribution in [0.3, 0.4) is 0 Å². The molecule has 1 aliphatic carbocycles. The third kappa shape index (κ3) is 1.69. The second-order valence-corrected chi connectivity index (χ2v) is 3.91. The topological polar surface area (TPSA) is 48.9 Å². The van der Waals surface area contributed by atoms with E-state index in [2.05, 4.69) is 9.97 Å². The minimum absolute atomic E-state index is 0.167. The van der Waals surface area contributed by atoms with Crippen LogP contribution in [0.1, 0.15) is 49.5 Å². The predicted molar refractivity (Wildman–Crippen MR) is 50.8 cm³/mol. The molecule has 0 amide bonds. The molecule has 2 rings (SSSR count). The minimum atomic E-state index is 0.167. The molecular weight excluding hydrogens is 164 g/mol. The van der Waals surface area contributed by atoms with Gasteiger partial charge in [-0.2, -0.15) is 4.98 Å². The van der Waals surface area contributed by atoms with Crippen molar-refractivity contribution in [3.63, 3.8) is 0 Å². The summed E-state index contributed by atoms with van der Waals surface area (Å²) in [6.07, 6.45) is 6.37. The molecule has 0 radical (unpaired) electrons. The fourth-order valence-electron chi connectivity index (χ4n) is 2.04. The van der Waals surface area contributed by atoms with Crippen LogP contribution in [0.15, 0.2) is 0 Å². The van der Waals surface area contributed by atoms with Gasteiger partial charge in [0.1, 0.15) is 5.82 Å². The van der Waals surface area contributed by atoms with E-state index in [1.165, 1.54) is 32.1 Å². The molecule has 0 bridgehead atoms. The molecule has 1 fully saturated rings. The first-order chi connectivity index (χ1) is 6.27. The number of imidazole rings is 1.